The largest absolute Gasteiger partial charge is 0.509 e. The number of nitrogens with zero attached hydrogens (tertiary/aromatic N) is 2. The number of allylic oxidation sites excluding steroid dienone is 2. The van der Waals surface area contributed by atoms with Crippen LogP contribution in [0.3, 0.4) is 0 Å². The molecule has 0 unspecified atom stereocenters. The summed E-state index contributed by atoms with van der Waals surface area (Å²) in [6.45, 7) is 1.78. The molecule has 0 saturated heterocycles. The van der Waals surface area contributed by atoms with Gasteiger partial charge >= 0.3 is 0 Å². The van der Waals surface area contributed by atoms with Crippen molar-refractivity contribution in [3.8, 4) is 5.75 Å². The maximum absolute atomic E-state index is 11.8. The molecule has 0 amide bonds. The number of hydrogen-bond acceptors (Lipinski definition) is 6. The molecule has 130 valence electrons. The van der Waals surface area contributed by atoms with Crippen LogP contribution in [0, 0.1) is 0 Å². The van der Waals surface area contributed by atoms with Crippen LogP contribution in [0.25, 0.3) is 0 Å². The van der Waals surface area contributed by atoms with Gasteiger partial charge in [-0.15, -0.1) is 5.11 Å². The van der Waals surface area contributed by atoms with Crippen molar-refractivity contribution in [1.82, 2.24) is 0 Å². The molecule has 0 aliphatic heterocycles. The summed E-state index contributed by atoms with van der Waals surface area (Å²) in [6, 6.07) is 14.4. The fraction of sp³-hybridized carbons (Fsp3) is 0.211. The molecule has 0 aliphatic carbocycles. The Morgan fingerprint density at radius 3 is 2.44 bits per heavy atom. The molecule has 6 nitrogen and oxygen atoms in total. The molecule has 6 heteroatoms. The summed E-state index contributed by atoms with van der Waals surface area (Å²) in [5, 5.41) is 18.3. The fourth-order valence-electron chi connectivity index (χ4n) is 2.25. The van der Waals surface area contributed by atoms with E-state index in [1.54, 1.807) is 25.3 Å². The Morgan fingerprint density at radius 1 is 1.16 bits per heavy atom. The summed E-state index contributed by atoms with van der Waals surface area (Å²) in [6.07, 6.45) is 0.129. The maximum atomic E-state index is 11.8. The first-order valence-electron chi connectivity index (χ1n) is 7.80. The minimum absolute atomic E-state index is 0.0752. The van der Waals surface area contributed by atoms with Crippen molar-refractivity contribution < 1.29 is 14.6 Å². The minimum Gasteiger partial charge on any atom is -0.509 e. The van der Waals surface area contributed by atoms with Gasteiger partial charge in [-0.2, -0.15) is 5.11 Å². The molecule has 0 aliphatic rings. The van der Waals surface area contributed by atoms with Crippen molar-refractivity contribution in [2.75, 3.05) is 7.11 Å². The van der Waals surface area contributed by atoms with Gasteiger partial charge in [-0.25, -0.2) is 0 Å². The van der Waals surface area contributed by atoms with E-state index < -0.39 is 0 Å². The van der Waals surface area contributed by atoms with E-state index in [1.165, 1.54) is 6.92 Å². The molecule has 2 aromatic carbocycles. The van der Waals surface area contributed by atoms with Crippen LogP contribution >= 0.6 is 0 Å². The Kier molecular flexibility index (Phi) is 6.42. The molecule has 0 fully saturated rings. The third-order valence-corrected chi connectivity index (χ3v) is 3.59. The Morgan fingerprint density at radius 2 is 1.84 bits per heavy atom. The van der Waals surface area contributed by atoms with Crippen LogP contribution in [0.15, 0.2) is 70.2 Å². The van der Waals surface area contributed by atoms with Crippen LogP contribution in [-0.4, -0.2) is 18.0 Å². The summed E-state index contributed by atoms with van der Waals surface area (Å²) in [4.78, 5) is 11.8. The van der Waals surface area contributed by atoms with Crippen molar-refractivity contribution in [1.29, 1.82) is 0 Å². The van der Waals surface area contributed by atoms with E-state index >= 15 is 0 Å². The van der Waals surface area contributed by atoms with Crippen LogP contribution in [0.4, 0.5) is 5.69 Å². The van der Waals surface area contributed by atoms with Crippen LogP contribution in [0.5, 0.6) is 5.75 Å². The van der Waals surface area contributed by atoms with Gasteiger partial charge in [0.1, 0.15) is 11.5 Å². The molecule has 0 atom stereocenters. The lowest BCUT2D eigenvalue weighted by Gasteiger charge is -2.08. The summed E-state index contributed by atoms with van der Waals surface area (Å²) < 4.78 is 5.25. The number of aliphatic hydroxyl groups is 1. The number of methoxy groups -OCH3 is 1. The molecule has 0 aromatic heterocycles. The number of carbonyl (C=O) groups excluding carboxylic acids is 1. The van der Waals surface area contributed by atoms with Gasteiger partial charge in [-0.05, 0) is 23.8 Å². The summed E-state index contributed by atoms with van der Waals surface area (Å²) in [5.41, 5.74) is 7.77. The Hall–Kier alpha value is -2.99. The summed E-state index contributed by atoms with van der Waals surface area (Å²) in [7, 11) is 1.55. The number of rotatable bonds is 7. The lowest BCUT2D eigenvalue weighted by Crippen LogP contribution is -2.02. The van der Waals surface area contributed by atoms with Crippen molar-refractivity contribution in [3.63, 3.8) is 0 Å². The Balaban J connectivity index is 2.26. The third-order valence-electron chi connectivity index (χ3n) is 3.59. The van der Waals surface area contributed by atoms with E-state index in [4.69, 9.17) is 10.5 Å². The number of aliphatic hydroxyl groups excluding tert-OH is 1. The summed E-state index contributed by atoms with van der Waals surface area (Å²) >= 11 is 0. The second-order valence-corrected chi connectivity index (χ2v) is 5.41. The first kappa shape index (κ1) is 18.4. The highest BCUT2D eigenvalue weighted by molar-refractivity contribution is 5.93. The summed E-state index contributed by atoms with van der Waals surface area (Å²) in [5.74, 6) is 0.111. The lowest BCUT2D eigenvalue weighted by atomic mass is 10.1. The lowest BCUT2D eigenvalue weighted by molar-refractivity contribution is -0.113. The van der Waals surface area contributed by atoms with Gasteiger partial charge in [0.25, 0.3) is 0 Å². The quantitative estimate of drug-likeness (QED) is 0.455. The van der Waals surface area contributed by atoms with E-state index in [-0.39, 0.29) is 23.7 Å². The van der Waals surface area contributed by atoms with E-state index in [2.05, 4.69) is 10.2 Å². The monoisotopic (exact) mass is 339 g/mol. The first-order chi connectivity index (χ1) is 12.0. The normalized spacial score (nSPS) is 12.1. The highest BCUT2D eigenvalue weighted by Gasteiger charge is 2.13. The second-order valence-electron chi connectivity index (χ2n) is 5.41. The van der Waals surface area contributed by atoms with E-state index in [0.717, 1.165) is 11.1 Å². The topological polar surface area (TPSA) is 97.3 Å². The van der Waals surface area contributed by atoms with Crippen LogP contribution in [0.2, 0.25) is 0 Å². The highest BCUT2D eigenvalue weighted by atomic mass is 16.5. The number of carbonyl (C=O) groups is 1. The second kappa shape index (κ2) is 8.75. The highest BCUT2D eigenvalue weighted by Crippen LogP contribution is 2.22. The number of Topliss-reactive ketones (excluding diaryl/α,β-unsaturated/α-hetero) is 1. The minimum atomic E-state index is -0.366. The molecule has 0 spiro atoms. The van der Waals surface area contributed by atoms with E-state index in [9.17, 15) is 9.90 Å². The van der Waals surface area contributed by atoms with Gasteiger partial charge in [0, 0.05) is 25.5 Å². The van der Waals surface area contributed by atoms with Crippen molar-refractivity contribution in [2.24, 2.45) is 16.0 Å². The van der Waals surface area contributed by atoms with Gasteiger partial charge < -0.3 is 15.6 Å². The van der Waals surface area contributed by atoms with E-state index in [1.807, 2.05) is 30.3 Å². The number of benzene rings is 2. The van der Waals surface area contributed by atoms with Gasteiger partial charge in [0.15, 0.2) is 11.5 Å². The molecule has 2 rings (SSSR count). The number of hydrogen-bond donors (Lipinski definition) is 2. The number of nitrogens with two attached hydrogens (primary N) is 1. The van der Waals surface area contributed by atoms with Gasteiger partial charge in [0.05, 0.1) is 12.8 Å². The average molecular weight is 339 g/mol. The molecular formula is C19H21N3O3. The predicted octanol–water partition coefficient (Wildman–Crippen LogP) is 3.84. The molecule has 0 bridgehead atoms. The van der Waals surface area contributed by atoms with Gasteiger partial charge in [-0.1, -0.05) is 30.3 Å². The first-order valence-corrected chi connectivity index (χ1v) is 7.80. The predicted molar refractivity (Wildman–Crippen MR) is 95.9 cm³/mol. The molecule has 0 radical (unpaired) electrons. The molecule has 25 heavy (non-hydrogen) atoms. The van der Waals surface area contributed by atoms with E-state index in [0.29, 0.717) is 18.0 Å². The molecule has 0 heterocycles. The average Bonchev–Trinajstić information content (AvgIpc) is 2.62. The number of azo groups is 1. The number of para-hydroxylation sites is 1. The maximum Gasteiger partial charge on any atom is 0.183 e. The van der Waals surface area contributed by atoms with Crippen molar-refractivity contribution in [2.45, 2.75) is 19.9 Å². The fourth-order valence-corrected chi connectivity index (χ4v) is 2.25. The molecular weight excluding hydrogens is 318 g/mol. The van der Waals surface area contributed by atoms with Crippen LogP contribution in [0.1, 0.15) is 18.1 Å². The van der Waals surface area contributed by atoms with Crippen molar-refractivity contribution >= 4 is 11.5 Å². The van der Waals surface area contributed by atoms with Crippen LogP contribution < -0.4 is 10.5 Å². The Bertz CT molecular complexity index is 796. The molecule has 2 aromatic rings. The molecule has 3 N–H and O–H groups in total. The Labute approximate surface area is 146 Å². The smallest absolute Gasteiger partial charge is 0.183 e. The van der Waals surface area contributed by atoms with Gasteiger partial charge in [0.2, 0.25) is 0 Å². The molecule has 0 saturated carbocycles. The number of ketones is 1. The van der Waals surface area contributed by atoms with Crippen LogP contribution in [-0.2, 0) is 17.8 Å². The zero-order valence-corrected chi connectivity index (χ0v) is 14.3. The standard InChI is InChI=1S/C19H21N3O3/c1-13(23)19(22-21-16-9-7-14(12-20)8-10-16)17(24)11-15-5-3-4-6-18(15)25-2/h3-10,24H,11-12,20H2,1-2H3/b19-17+,22-21?. The SMILES string of the molecule is COc1ccccc1C/C(O)=C(\N=Nc1ccc(CN)cc1)C(C)=O. The van der Waals surface area contributed by atoms with Crippen molar-refractivity contribution in [3.05, 3.63) is 71.1 Å². The zero-order chi connectivity index (χ0) is 18.2. The zero-order valence-electron chi connectivity index (χ0n) is 14.3. The number of ether oxygens (including phenoxy) is 1. The third kappa shape index (κ3) is 4.99. The van der Waals surface area contributed by atoms with Gasteiger partial charge in [-0.3, -0.25) is 4.79 Å².